The van der Waals surface area contributed by atoms with Crippen LogP contribution in [0.4, 0.5) is 0 Å². The van der Waals surface area contributed by atoms with Gasteiger partial charge >= 0.3 is 11.9 Å². The van der Waals surface area contributed by atoms with Crippen molar-refractivity contribution in [2.75, 3.05) is 7.11 Å². The number of rotatable bonds is 5. The molecule has 6 nitrogen and oxygen atoms in total. The first kappa shape index (κ1) is 17.0. The Morgan fingerprint density at radius 2 is 1.96 bits per heavy atom. The molecule has 0 fully saturated rings. The zero-order chi connectivity index (χ0) is 17.0. The molecule has 1 aromatic carbocycles. The monoisotopic (exact) mass is 379 g/mol. The number of pyridine rings is 1. The predicted molar refractivity (Wildman–Crippen MR) is 86.6 cm³/mol. The molecule has 0 saturated heterocycles. The van der Waals surface area contributed by atoms with Crippen LogP contribution in [0.5, 0.6) is 0 Å². The third-order valence-electron chi connectivity index (χ3n) is 3.31. The lowest BCUT2D eigenvalue weighted by Gasteiger charge is -2.17. The quantitative estimate of drug-likeness (QED) is 0.805. The molecule has 7 heteroatoms. The lowest BCUT2D eigenvalue weighted by molar-refractivity contribution is -0.141. The fraction of sp³-hybridized carbons (Fsp3) is 0.188. The zero-order valence-corrected chi connectivity index (χ0v) is 13.8. The first-order chi connectivity index (χ1) is 10.9. The van der Waals surface area contributed by atoms with E-state index in [1.54, 1.807) is 24.3 Å². The molecule has 1 N–H and O–H groups in total. The highest BCUT2D eigenvalue weighted by molar-refractivity contribution is 9.10. The highest BCUT2D eigenvalue weighted by atomic mass is 79.9. The van der Waals surface area contributed by atoms with E-state index in [0.717, 1.165) is 10.1 Å². The minimum atomic E-state index is -1.16. The van der Waals surface area contributed by atoms with E-state index in [0.29, 0.717) is 0 Å². The molecular weight excluding hydrogens is 366 g/mol. The SMILES string of the molecule is COC(=O)c1cc(Br)c(=O)n(C(Cc2ccccc2)C(=O)O)c1. The maximum Gasteiger partial charge on any atom is 0.339 e. The van der Waals surface area contributed by atoms with Crippen LogP contribution in [0.1, 0.15) is 22.0 Å². The van der Waals surface area contributed by atoms with E-state index < -0.39 is 23.5 Å². The summed E-state index contributed by atoms with van der Waals surface area (Å²) in [6.07, 6.45) is 1.33. The third-order valence-corrected chi connectivity index (χ3v) is 3.88. The molecule has 0 radical (unpaired) electrons. The molecule has 0 bridgehead atoms. The van der Waals surface area contributed by atoms with Gasteiger partial charge in [0.15, 0.2) is 0 Å². The van der Waals surface area contributed by atoms with Crippen molar-refractivity contribution in [1.82, 2.24) is 4.57 Å². The second kappa shape index (κ2) is 7.23. The summed E-state index contributed by atoms with van der Waals surface area (Å²) >= 11 is 3.06. The number of ether oxygens (including phenoxy) is 1. The average molecular weight is 380 g/mol. The number of methoxy groups -OCH3 is 1. The molecule has 2 rings (SSSR count). The van der Waals surface area contributed by atoms with Crippen LogP contribution in [-0.2, 0) is 16.0 Å². The molecule has 2 aromatic rings. The van der Waals surface area contributed by atoms with Crippen molar-refractivity contribution < 1.29 is 19.4 Å². The van der Waals surface area contributed by atoms with E-state index >= 15 is 0 Å². The van der Waals surface area contributed by atoms with Crippen molar-refractivity contribution >= 4 is 27.9 Å². The molecule has 0 aliphatic rings. The number of nitrogens with zero attached hydrogens (tertiary/aromatic N) is 1. The number of esters is 1. The Morgan fingerprint density at radius 3 is 2.52 bits per heavy atom. The first-order valence-electron chi connectivity index (χ1n) is 6.70. The number of aromatic nitrogens is 1. The molecule has 1 atom stereocenters. The molecule has 1 unspecified atom stereocenters. The van der Waals surface area contributed by atoms with Gasteiger partial charge in [-0.2, -0.15) is 0 Å². The smallest absolute Gasteiger partial charge is 0.339 e. The molecule has 0 amide bonds. The summed E-state index contributed by atoms with van der Waals surface area (Å²) in [7, 11) is 1.21. The first-order valence-corrected chi connectivity index (χ1v) is 7.50. The largest absolute Gasteiger partial charge is 0.480 e. The number of benzene rings is 1. The van der Waals surface area contributed by atoms with Crippen molar-refractivity contribution in [3.8, 4) is 0 Å². The van der Waals surface area contributed by atoms with Gasteiger partial charge in [0.25, 0.3) is 5.56 Å². The minimum absolute atomic E-state index is 0.0956. The maximum absolute atomic E-state index is 12.3. The van der Waals surface area contributed by atoms with Crippen LogP contribution in [0.2, 0.25) is 0 Å². The van der Waals surface area contributed by atoms with E-state index in [1.807, 2.05) is 6.07 Å². The Bertz CT molecular complexity index is 785. The van der Waals surface area contributed by atoms with E-state index in [-0.39, 0.29) is 16.5 Å². The number of carbonyl (C=O) groups excluding carboxylic acids is 1. The Labute approximate surface area is 140 Å². The van der Waals surface area contributed by atoms with Crippen molar-refractivity contribution in [3.05, 3.63) is 68.5 Å². The predicted octanol–water partition coefficient (Wildman–Crippen LogP) is 2.27. The molecule has 0 aliphatic heterocycles. The normalized spacial score (nSPS) is 11.7. The van der Waals surface area contributed by atoms with Crippen LogP contribution in [0, 0.1) is 0 Å². The lowest BCUT2D eigenvalue weighted by Crippen LogP contribution is -2.32. The minimum Gasteiger partial charge on any atom is -0.480 e. The van der Waals surface area contributed by atoms with Gasteiger partial charge in [-0.3, -0.25) is 9.36 Å². The second-order valence-corrected chi connectivity index (χ2v) is 5.68. The summed E-state index contributed by atoms with van der Waals surface area (Å²) in [6, 6.07) is 9.13. The van der Waals surface area contributed by atoms with Gasteiger partial charge in [-0.05, 0) is 27.6 Å². The summed E-state index contributed by atoms with van der Waals surface area (Å²) in [5.41, 5.74) is 0.339. The fourth-order valence-electron chi connectivity index (χ4n) is 2.17. The fourth-order valence-corrected chi connectivity index (χ4v) is 2.62. The van der Waals surface area contributed by atoms with Gasteiger partial charge in [-0.15, -0.1) is 0 Å². The number of hydrogen-bond acceptors (Lipinski definition) is 4. The van der Waals surface area contributed by atoms with Gasteiger partial charge < -0.3 is 9.84 Å². The Morgan fingerprint density at radius 1 is 1.30 bits per heavy atom. The highest BCUT2D eigenvalue weighted by Crippen LogP contribution is 2.17. The average Bonchev–Trinajstić information content (AvgIpc) is 2.55. The Kier molecular flexibility index (Phi) is 5.33. The molecule has 0 aliphatic carbocycles. The van der Waals surface area contributed by atoms with Crippen LogP contribution >= 0.6 is 15.9 Å². The summed E-state index contributed by atoms with van der Waals surface area (Å²) < 4.78 is 5.75. The number of carboxylic acids is 1. The van der Waals surface area contributed by atoms with E-state index in [2.05, 4.69) is 20.7 Å². The topological polar surface area (TPSA) is 85.6 Å². The standard InChI is InChI=1S/C16H14BrNO5/c1-23-16(22)11-8-12(17)14(19)18(9-11)13(15(20)21)7-10-5-3-2-4-6-10/h2-6,8-9,13H,7H2,1H3,(H,20,21). The van der Waals surface area contributed by atoms with Crippen LogP contribution in [-0.4, -0.2) is 28.7 Å². The number of carboxylic acid groups (broad SMARTS) is 1. The second-order valence-electron chi connectivity index (χ2n) is 4.82. The van der Waals surface area contributed by atoms with E-state index in [4.69, 9.17) is 0 Å². The third kappa shape index (κ3) is 3.87. The Hall–Kier alpha value is -2.41. The number of hydrogen-bond donors (Lipinski definition) is 1. The summed E-state index contributed by atoms with van der Waals surface area (Å²) in [5.74, 6) is -1.81. The van der Waals surface area contributed by atoms with Crippen molar-refractivity contribution in [2.24, 2.45) is 0 Å². The van der Waals surface area contributed by atoms with Gasteiger partial charge in [0.05, 0.1) is 17.1 Å². The molecule has 0 saturated carbocycles. The summed E-state index contributed by atoms with van der Waals surface area (Å²) in [6.45, 7) is 0. The van der Waals surface area contributed by atoms with Crippen molar-refractivity contribution in [2.45, 2.75) is 12.5 Å². The summed E-state index contributed by atoms with van der Waals surface area (Å²) in [4.78, 5) is 35.6. The van der Waals surface area contributed by atoms with Crippen LogP contribution in [0.3, 0.4) is 0 Å². The van der Waals surface area contributed by atoms with Gasteiger partial charge in [-0.1, -0.05) is 30.3 Å². The van der Waals surface area contributed by atoms with Gasteiger partial charge in [0.2, 0.25) is 0 Å². The molecule has 23 heavy (non-hydrogen) atoms. The van der Waals surface area contributed by atoms with Gasteiger partial charge in [0, 0.05) is 12.6 Å². The molecule has 0 spiro atoms. The molecule has 1 heterocycles. The number of carbonyl (C=O) groups is 2. The molecule has 120 valence electrons. The zero-order valence-electron chi connectivity index (χ0n) is 12.2. The highest BCUT2D eigenvalue weighted by Gasteiger charge is 2.23. The van der Waals surface area contributed by atoms with Crippen molar-refractivity contribution in [3.63, 3.8) is 0 Å². The number of aliphatic carboxylic acids is 1. The van der Waals surface area contributed by atoms with Crippen LogP contribution in [0.15, 0.2) is 51.9 Å². The molecule has 1 aromatic heterocycles. The summed E-state index contributed by atoms with van der Waals surface area (Å²) in [5, 5.41) is 9.50. The number of halogens is 1. The van der Waals surface area contributed by atoms with Gasteiger partial charge in [0.1, 0.15) is 6.04 Å². The van der Waals surface area contributed by atoms with Crippen molar-refractivity contribution in [1.29, 1.82) is 0 Å². The van der Waals surface area contributed by atoms with Crippen LogP contribution in [0.25, 0.3) is 0 Å². The van der Waals surface area contributed by atoms with Crippen LogP contribution < -0.4 is 5.56 Å². The van der Waals surface area contributed by atoms with E-state index in [9.17, 15) is 19.5 Å². The van der Waals surface area contributed by atoms with E-state index in [1.165, 1.54) is 19.4 Å². The molecular formula is C16H14BrNO5. The Balaban J connectivity index is 2.51. The maximum atomic E-state index is 12.3. The van der Waals surface area contributed by atoms with Gasteiger partial charge in [-0.25, -0.2) is 9.59 Å². The lowest BCUT2D eigenvalue weighted by atomic mass is 10.1.